The van der Waals surface area contributed by atoms with E-state index in [0.29, 0.717) is 6.54 Å². The number of rotatable bonds is 5. The predicted molar refractivity (Wildman–Crippen MR) is 106 cm³/mol. The molecule has 126 valence electrons. The molecule has 0 saturated heterocycles. The van der Waals surface area contributed by atoms with Gasteiger partial charge in [-0.3, -0.25) is 4.79 Å². The lowest BCUT2D eigenvalue weighted by atomic mass is 10.0. The molecule has 2 nitrogen and oxygen atoms in total. The third-order valence-corrected chi connectivity index (χ3v) is 4.41. The average Bonchev–Trinajstić information content (AvgIpc) is 2.65. The lowest BCUT2D eigenvalue weighted by Crippen LogP contribution is -2.25. The number of hydrogen-bond donors (Lipinski definition) is 0. The maximum atomic E-state index is 12.9. The standard InChI is InChI=1S/C23H23NO/c1-3-21-22(15-14-19-10-6-4-7-11-19)18(2)16-24(23(21)25)17-20-12-8-5-9-13-20/h4-16H,3,17H2,1-2H3/b15-14+. The minimum Gasteiger partial charge on any atom is -0.311 e. The summed E-state index contributed by atoms with van der Waals surface area (Å²) in [5.74, 6) is 0. The van der Waals surface area contributed by atoms with Gasteiger partial charge in [0.05, 0.1) is 6.54 Å². The summed E-state index contributed by atoms with van der Waals surface area (Å²) in [5.41, 5.74) is 5.42. The van der Waals surface area contributed by atoms with Gasteiger partial charge in [-0.15, -0.1) is 0 Å². The van der Waals surface area contributed by atoms with E-state index in [9.17, 15) is 4.79 Å². The zero-order valence-electron chi connectivity index (χ0n) is 14.8. The minimum atomic E-state index is 0.102. The molecular weight excluding hydrogens is 306 g/mol. The second-order valence-corrected chi connectivity index (χ2v) is 6.22. The van der Waals surface area contributed by atoms with Gasteiger partial charge < -0.3 is 4.57 Å². The van der Waals surface area contributed by atoms with Gasteiger partial charge in [-0.25, -0.2) is 0 Å². The molecule has 25 heavy (non-hydrogen) atoms. The monoisotopic (exact) mass is 329 g/mol. The lowest BCUT2D eigenvalue weighted by molar-refractivity contribution is 0.739. The lowest BCUT2D eigenvalue weighted by Gasteiger charge is -2.13. The Morgan fingerprint density at radius 2 is 1.56 bits per heavy atom. The molecule has 0 radical (unpaired) electrons. The molecule has 3 rings (SSSR count). The van der Waals surface area contributed by atoms with E-state index < -0.39 is 0 Å². The highest BCUT2D eigenvalue weighted by atomic mass is 16.1. The van der Waals surface area contributed by atoms with E-state index in [0.717, 1.165) is 34.2 Å². The van der Waals surface area contributed by atoms with Crippen LogP contribution in [0.15, 0.2) is 71.7 Å². The maximum Gasteiger partial charge on any atom is 0.254 e. The van der Waals surface area contributed by atoms with E-state index in [1.165, 1.54) is 0 Å². The van der Waals surface area contributed by atoms with E-state index in [1.807, 2.05) is 54.1 Å². The summed E-state index contributed by atoms with van der Waals surface area (Å²) in [4.78, 5) is 12.9. The van der Waals surface area contributed by atoms with Crippen LogP contribution in [0.2, 0.25) is 0 Å². The van der Waals surface area contributed by atoms with Gasteiger partial charge in [0, 0.05) is 11.8 Å². The Morgan fingerprint density at radius 1 is 0.920 bits per heavy atom. The molecule has 2 aromatic carbocycles. The van der Waals surface area contributed by atoms with Crippen molar-refractivity contribution in [2.75, 3.05) is 0 Å². The van der Waals surface area contributed by atoms with E-state index in [2.05, 4.69) is 43.3 Å². The smallest absolute Gasteiger partial charge is 0.254 e. The molecule has 0 bridgehead atoms. The van der Waals surface area contributed by atoms with E-state index in [1.54, 1.807) is 0 Å². The zero-order chi connectivity index (χ0) is 17.6. The van der Waals surface area contributed by atoms with Crippen LogP contribution in [0.1, 0.15) is 34.7 Å². The molecule has 0 unspecified atom stereocenters. The fraction of sp³-hybridized carbons (Fsp3) is 0.174. The van der Waals surface area contributed by atoms with Gasteiger partial charge >= 0.3 is 0 Å². The van der Waals surface area contributed by atoms with Gasteiger partial charge in [-0.05, 0) is 35.6 Å². The van der Waals surface area contributed by atoms with Gasteiger partial charge in [0.15, 0.2) is 0 Å². The van der Waals surface area contributed by atoms with Crippen molar-refractivity contribution in [1.82, 2.24) is 4.57 Å². The molecule has 1 heterocycles. The van der Waals surface area contributed by atoms with E-state index >= 15 is 0 Å². The molecule has 2 heteroatoms. The molecule has 3 aromatic rings. The third-order valence-electron chi connectivity index (χ3n) is 4.41. The first kappa shape index (κ1) is 17.0. The minimum absolute atomic E-state index is 0.102. The molecule has 0 N–H and O–H groups in total. The highest BCUT2D eigenvalue weighted by molar-refractivity contribution is 5.72. The maximum absolute atomic E-state index is 12.9. The van der Waals surface area contributed by atoms with Gasteiger partial charge in [-0.2, -0.15) is 0 Å². The zero-order valence-corrected chi connectivity index (χ0v) is 14.8. The Hall–Kier alpha value is -2.87. The average molecular weight is 329 g/mol. The Balaban J connectivity index is 1.99. The number of pyridine rings is 1. The number of nitrogens with zero attached hydrogens (tertiary/aromatic N) is 1. The van der Waals surface area contributed by atoms with Crippen molar-refractivity contribution in [3.63, 3.8) is 0 Å². The van der Waals surface area contributed by atoms with Crippen molar-refractivity contribution in [2.45, 2.75) is 26.8 Å². The van der Waals surface area contributed by atoms with E-state index in [-0.39, 0.29) is 5.56 Å². The number of benzene rings is 2. The molecule has 0 aliphatic carbocycles. The first-order valence-corrected chi connectivity index (χ1v) is 8.69. The normalized spacial score (nSPS) is 11.1. The van der Waals surface area contributed by atoms with Crippen LogP contribution >= 0.6 is 0 Å². The predicted octanol–water partition coefficient (Wildman–Crippen LogP) is 4.94. The van der Waals surface area contributed by atoms with Crippen LogP contribution in [0, 0.1) is 6.92 Å². The Morgan fingerprint density at radius 3 is 2.20 bits per heavy atom. The van der Waals surface area contributed by atoms with Crippen LogP contribution in [0.25, 0.3) is 12.2 Å². The molecule has 0 fully saturated rings. The quantitative estimate of drug-likeness (QED) is 0.650. The third kappa shape index (κ3) is 3.97. The first-order chi connectivity index (χ1) is 12.2. The van der Waals surface area contributed by atoms with Crippen molar-refractivity contribution in [3.05, 3.63) is 105 Å². The van der Waals surface area contributed by atoms with Crippen LogP contribution in [0.3, 0.4) is 0 Å². The van der Waals surface area contributed by atoms with Crippen molar-refractivity contribution in [3.8, 4) is 0 Å². The molecular formula is C23H23NO. The number of hydrogen-bond acceptors (Lipinski definition) is 1. The van der Waals surface area contributed by atoms with Crippen LogP contribution in [0.4, 0.5) is 0 Å². The van der Waals surface area contributed by atoms with E-state index in [4.69, 9.17) is 0 Å². The van der Waals surface area contributed by atoms with Crippen molar-refractivity contribution >= 4 is 12.2 Å². The Labute approximate surface area is 149 Å². The van der Waals surface area contributed by atoms with Crippen molar-refractivity contribution in [1.29, 1.82) is 0 Å². The van der Waals surface area contributed by atoms with Gasteiger partial charge in [0.25, 0.3) is 5.56 Å². The van der Waals surface area contributed by atoms with Crippen molar-refractivity contribution in [2.24, 2.45) is 0 Å². The summed E-state index contributed by atoms with van der Waals surface area (Å²) in [7, 11) is 0. The van der Waals surface area contributed by atoms with Gasteiger partial charge in [-0.1, -0.05) is 79.7 Å². The second-order valence-electron chi connectivity index (χ2n) is 6.22. The largest absolute Gasteiger partial charge is 0.311 e. The van der Waals surface area contributed by atoms with Gasteiger partial charge in [0.1, 0.15) is 0 Å². The Bertz CT molecular complexity index is 922. The molecule has 0 spiro atoms. The first-order valence-electron chi connectivity index (χ1n) is 8.69. The molecule has 0 saturated carbocycles. The van der Waals surface area contributed by atoms with Crippen LogP contribution in [-0.2, 0) is 13.0 Å². The summed E-state index contributed by atoms with van der Waals surface area (Å²) in [6, 6.07) is 20.3. The van der Waals surface area contributed by atoms with Crippen molar-refractivity contribution < 1.29 is 0 Å². The van der Waals surface area contributed by atoms with Crippen LogP contribution < -0.4 is 5.56 Å². The summed E-state index contributed by atoms with van der Waals surface area (Å²) in [6.07, 6.45) is 6.84. The van der Waals surface area contributed by atoms with Crippen LogP contribution in [-0.4, -0.2) is 4.57 Å². The molecule has 0 atom stereocenters. The molecule has 1 aromatic heterocycles. The highest BCUT2D eigenvalue weighted by Gasteiger charge is 2.10. The molecule has 0 amide bonds. The summed E-state index contributed by atoms with van der Waals surface area (Å²) in [5, 5.41) is 0. The summed E-state index contributed by atoms with van der Waals surface area (Å²) in [6.45, 7) is 4.73. The molecule has 0 aliphatic heterocycles. The summed E-state index contributed by atoms with van der Waals surface area (Å²) < 4.78 is 1.82. The fourth-order valence-electron chi connectivity index (χ4n) is 3.10. The topological polar surface area (TPSA) is 22.0 Å². The number of aryl methyl sites for hydroxylation is 1. The highest BCUT2D eigenvalue weighted by Crippen LogP contribution is 2.16. The number of aromatic nitrogens is 1. The second kappa shape index (κ2) is 7.80. The molecule has 0 aliphatic rings. The van der Waals surface area contributed by atoms with Crippen LogP contribution in [0.5, 0.6) is 0 Å². The summed E-state index contributed by atoms with van der Waals surface area (Å²) >= 11 is 0. The SMILES string of the molecule is CCc1c(/C=C/c2ccccc2)c(C)cn(Cc2ccccc2)c1=O. The van der Waals surface area contributed by atoms with Gasteiger partial charge in [0.2, 0.25) is 0 Å². The Kier molecular flexibility index (Phi) is 5.30. The fourth-order valence-corrected chi connectivity index (χ4v) is 3.10.